The molecule has 3 atom stereocenters. The summed E-state index contributed by atoms with van der Waals surface area (Å²) in [5.74, 6) is -3.69. The molecular weight excluding hydrogens is 402 g/mol. The molecule has 4 N–H and O–H groups in total. The van der Waals surface area contributed by atoms with Crippen LogP contribution in [0.15, 0.2) is 36.5 Å². The second kappa shape index (κ2) is 8.91. The Morgan fingerprint density at radius 1 is 1.10 bits per heavy atom. The van der Waals surface area contributed by atoms with E-state index in [9.17, 15) is 24.6 Å². The maximum absolute atomic E-state index is 12.8. The number of benzene rings is 1. The van der Waals surface area contributed by atoms with Crippen LogP contribution in [-0.2, 0) is 19.1 Å². The molecule has 1 amide bonds. The van der Waals surface area contributed by atoms with Gasteiger partial charge in [-0.25, -0.2) is 0 Å². The monoisotopic (exact) mass is 427 g/mol. The number of aromatic amines is 1. The van der Waals surface area contributed by atoms with Crippen molar-refractivity contribution in [2.45, 2.75) is 18.9 Å². The number of carboxylic acids is 2. The molecular formula is C22H25N3O6. The number of nitrogens with one attached hydrogen (secondary N) is 2. The Bertz CT molecular complexity index is 1020. The number of aliphatic carboxylic acids is 2. The van der Waals surface area contributed by atoms with Gasteiger partial charge in [0.1, 0.15) is 6.04 Å². The third-order valence-corrected chi connectivity index (χ3v) is 6.01. The number of carbonyl (C=O) groups excluding carboxylic acids is 1. The zero-order valence-corrected chi connectivity index (χ0v) is 16.9. The summed E-state index contributed by atoms with van der Waals surface area (Å²) in [7, 11) is 0. The summed E-state index contributed by atoms with van der Waals surface area (Å²) in [6, 6.07) is 4.41. The smallest absolute Gasteiger partial charge is 0.325 e. The number of rotatable bonds is 6. The second-order valence-electron chi connectivity index (χ2n) is 7.88. The minimum atomic E-state index is -0.984. The lowest BCUT2D eigenvalue weighted by Gasteiger charge is -2.31. The van der Waals surface area contributed by atoms with Crippen molar-refractivity contribution >= 4 is 34.4 Å². The Hall–Kier alpha value is -3.17. The van der Waals surface area contributed by atoms with E-state index in [1.807, 2.05) is 11.0 Å². The summed E-state index contributed by atoms with van der Waals surface area (Å²) in [6.07, 6.45) is 6.01. The number of morpholine rings is 1. The zero-order chi connectivity index (χ0) is 22.0. The SMILES string of the molecule is O=C(O)[C@H]1CC=CC[C@@H]1C(=O)Nc1ccc2[nH]cc([C@H](C(=O)O)N3CCOCC3)c2c1. The predicted octanol–water partition coefficient (Wildman–Crippen LogP) is 2.23. The first-order chi connectivity index (χ1) is 15.0. The average molecular weight is 427 g/mol. The van der Waals surface area contributed by atoms with Gasteiger partial charge in [-0.1, -0.05) is 12.2 Å². The minimum absolute atomic E-state index is 0.328. The van der Waals surface area contributed by atoms with Crippen LogP contribution in [0.1, 0.15) is 24.4 Å². The normalized spacial score (nSPS) is 22.8. The summed E-state index contributed by atoms with van der Waals surface area (Å²) in [5.41, 5.74) is 1.88. The number of ether oxygens (including phenoxy) is 1. The van der Waals surface area contributed by atoms with Crippen LogP contribution in [0.4, 0.5) is 5.69 Å². The van der Waals surface area contributed by atoms with Gasteiger partial charge in [0.15, 0.2) is 0 Å². The third kappa shape index (κ3) is 4.33. The Morgan fingerprint density at radius 2 is 1.81 bits per heavy atom. The molecule has 9 heteroatoms. The maximum atomic E-state index is 12.8. The van der Waals surface area contributed by atoms with Gasteiger partial charge in [0, 0.05) is 41.4 Å². The minimum Gasteiger partial charge on any atom is -0.481 e. The molecule has 1 aromatic heterocycles. The van der Waals surface area contributed by atoms with Crippen molar-refractivity contribution in [3.8, 4) is 0 Å². The standard InChI is InChI=1S/C22H25N3O6/c26-20(14-3-1-2-4-15(14)21(27)28)24-13-5-6-18-16(11-13)17(12-23-18)19(22(29)30)25-7-9-31-10-8-25/h1-2,5-6,11-12,14-15,19,23H,3-4,7-10H2,(H,24,26)(H,27,28)(H,29,30)/t14-,15-,19+/m0/s1. The highest BCUT2D eigenvalue weighted by Crippen LogP contribution is 2.32. The Balaban J connectivity index is 1.60. The van der Waals surface area contributed by atoms with Crippen molar-refractivity contribution in [3.63, 3.8) is 0 Å². The van der Waals surface area contributed by atoms with Crippen LogP contribution in [0.2, 0.25) is 0 Å². The van der Waals surface area contributed by atoms with E-state index in [4.69, 9.17) is 4.74 Å². The van der Waals surface area contributed by atoms with Gasteiger partial charge in [0.05, 0.1) is 25.0 Å². The Kier molecular flexibility index (Phi) is 6.06. The number of allylic oxidation sites excluding steroid dienone is 2. The summed E-state index contributed by atoms with van der Waals surface area (Å²) in [5, 5.41) is 22.8. The highest BCUT2D eigenvalue weighted by Gasteiger charge is 2.34. The molecule has 1 aromatic carbocycles. The Morgan fingerprint density at radius 3 is 2.48 bits per heavy atom. The van der Waals surface area contributed by atoms with Crippen molar-refractivity contribution < 1.29 is 29.3 Å². The average Bonchev–Trinajstić information content (AvgIpc) is 3.17. The van der Waals surface area contributed by atoms with Gasteiger partial charge in [-0.3, -0.25) is 19.3 Å². The fourth-order valence-corrected chi connectivity index (χ4v) is 4.38. The summed E-state index contributed by atoms with van der Waals surface area (Å²) >= 11 is 0. The molecule has 2 heterocycles. The van der Waals surface area contributed by atoms with Crippen molar-refractivity contribution in [2.24, 2.45) is 11.8 Å². The number of carboxylic acid groups (broad SMARTS) is 2. The van der Waals surface area contributed by atoms with Crippen LogP contribution in [0, 0.1) is 11.8 Å². The lowest BCUT2D eigenvalue weighted by molar-refractivity contribution is -0.146. The molecule has 164 valence electrons. The first-order valence-corrected chi connectivity index (χ1v) is 10.3. The van der Waals surface area contributed by atoms with Crippen molar-refractivity contribution in [1.29, 1.82) is 0 Å². The number of nitrogens with zero attached hydrogens (tertiary/aromatic N) is 1. The van der Waals surface area contributed by atoms with E-state index in [2.05, 4.69) is 10.3 Å². The van der Waals surface area contributed by atoms with E-state index >= 15 is 0 Å². The Labute approximate surface area is 178 Å². The number of hydrogen-bond donors (Lipinski definition) is 4. The van der Waals surface area contributed by atoms with E-state index in [0.717, 1.165) is 5.52 Å². The second-order valence-corrected chi connectivity index (χ2v) is 7.88. The summed E-state index contributed by atoms with van der Waals surface area (Å²) < 4.78 is 5.34. The molecule has 1 saturated heterocycles. The molecule has 0 radical (unpaired) electrons. The van der Waals surface area contributed by atoms with Gasteiger partial charge >= 0.3 is 11.9 Å². The van der Waals surface area contributed by atoms with E-state index < -0.39 is 29.8 Å². The van der Waals surface area contributed by atoms with E-state index in [0.29, 0.717) is 55.8 Å². The van der Waals surface area contributed by atoms with Crippen molar-refractivity contribution in [1.82, 2.24) is 9.88 Å². The first kappa shape index (κ1) is 21.1. The summed E-state index contributed by atoms with van der Waals surface area (Å²) in [6.45, 7) is 2.00. The van der Waals surface area contributed by atoms with Crippen LogP contribution in [0.25, 0.3) is 10.9 Å². The van der Waals surface area contributed by atoms with E-state index in [1.54, 1.807) is 30.5 Å². The molecule has 1 fully saturated rings. The lowest BCUT2D eigenvalue weighted by atomic mass is 9.82. The van der Waals surface area contributed by atoms with Crippen molar-refractivity contribution in [2.75, 3.05) is 31.6 Å². The van der Waals surface area contributed by atoms with Crippen LogP contribution >= 0.6 is 0 Å². The molecule has 31 heavy (non-hydrogen) atoms. The topological polar surface area (TPSA) is 132 Å². The molecule has 1 aliphatic carbocycles. The predicted molar refractivity (Wildman–Crippen MR) is 113 cm³/mol. The number of carbonyl (C=O) groups is 3. The number of hydrogen-bond acceptors (Lipinski definition) is 5. The number of aromatic nitrogens is 1. The van der Waals surface area contributed by atoms with Crippen LogP contribution in [-0.4, -0.2) is 64.2 Å². The highest BCUT2D eigenvalue weighted by molar-refractivity contribution is 5.98. The van der Waals surface area contributed by atoms with Crippen LogP contribution in [0.3, 0.4) is 0 Å². The highest BCUT2D eigenvalue weighted by atomic mass is 16.5. The first-order valence-electron chi connectivity index (χ1n) is 10.3. The fourth-order valence-electron chi connectivity index (χ4n) is 4.38. The van der Waals surface area contributed by atoms with Gasteiger partial charge in [0.25, 0.3) is 0 Å². The third-order valence-electron chi connectivity index (χ3n) is 6.01. The quantitative estimate of drug-likeness (QED) is 0.520. The zero-order valence-electron chi connectivity index (χ0n) is 16.9. The molecule has 9 nitrogen and oxygen atoms in total. The van der Waals surface area contributed by atoms with Gasteiger partial charge in [-0.05, 0) is 31.0 Å². The van der Waals surface area contributed by atoms with E-state index in [1.165, 1.54) is 0 Å². The molecule has 4 rings (SSSR count). The number of H-pyrrole nitrogens is 1. The van der Waals surface area contributed by atoms with Gasteiger partial charge in [0.2, 0.25) is 5.91 Å². The number of fused-ring (bicyclic) bond motifs is 1. The number of anilines is 1. The maximum Gasteiger partial charge on any atom is 0.325 e. The van der Waals surface area contributed by atoms with Gasteiger partial charge in [-0.2, -0.15) is 0 Å². The molecule has 0 saturated carbocycles. The van der Waals surface area contributed by atoms with Crippen LogP contribution < -0.4 is 5.32 Å². The lowest BCUT2D eigenvalue weighted by Crippen LogP contribution is -2.42. The number of amides is 1. The van der Waals surface area contributed by atoms with E-state index in [-0.39, 0.29) is 5.91 Å². The molecule has 2 aromatic rings. The molecule has 0 bridgehead atoms. The molecule has 1 aliphatic heterocycles. The largest absolute Gasteiger partial charge is 0.481 e. The van der Waals surface area contributed by atoms with Crippen LogP contribution in [0.5, 0.6) is 0 Å². The molecule has 0 unspecified atom stereocenters. The fraction of sp³-hybridized carbons (Fsp3) is 0.409. The van der Waals surface area contributed by atoms with Crippen molar-refractivity contribution in [3.05, 3.63) is 42.1 Å². The summed E-state index contributed by atoms with van der Waals surface area (Å²) in [4.78, 5) is 41.4. The molecule has 2 aliphatic rings. The van der Waals surface area contributed by atoms with Gasteiger partial charge < -0.3 is 25.3 Å². The molecule has 0 spiro atoms. The van der Waals surface area contributed by atoms with Gasteiger partial charge in [-0.15, -0.1) is 0 Å².